The highest BCUT2D eigenvalue weighted by Crippen LogP contribution is 2.38. The molecule has 1 heterocycles. The maximum Gasteiger partial charge on any atom is 0.257 e. The molecule has 1 atom stereocenters. The first-order valence-corrected chi connectivity index (χ1v) is 4.12. The molecular weight excluding hydrogens is 228 g/mol. The van der Waals surface area contributed by atoms with Crippen molar-refractivity contribution in [3.05, 3.63) is 23.8 Å². The highest BCUT2D eigenvalue weighted by Gasteiger charge is 2.26. The minimum atomic E-state index is -2.61. The zero-order valence-electron chi connectivity index (χ0n) is 7.65. The highest BCUT2D eigenvalue weighted by molar-refractivity contribution is 5.85. The predicted octanol–water partition coefficient (Wildman–Crippen LogP) is 2.10. The summed E-state index contributed by atoms with van der Waals surface area (Å²) in [7, 11) is 0. The predicted molar refractivity (Wildman–Crippen MR) is 52.7 cm³/mol. The van der Waals surface area contributed by atoms with Crippen molar-refractivity contribution in [3.8, 4) is 11.5 Å². The Bertz CT molecular complexity index is 349. The smallest absolute Gasteiger partial charge is 0.257 e. The fourth-order valence-corrected chi connectivity index (χ4v) is 1.35. The van der Waals surface area contributed by atoms with Crippen molar-refractivity contribution in [2.75, 3.05) is 6.79 Å². The molecule has 84 valence electrons. The van der Waals surface area contributed by atoms with Crippen molar-refractivity contribution in [1.29, 1.82) is 0 Å². The van der Waals surface area contributed by atoms with Crippen molar-refractivity contribution in [2.45, 2.75) is 12.5 Å². The van der Waals surface area contributed by atoms with Crippen LogP contribution in [0.2, 0.25) is 0 Å². The third-order valence-corrected chi connectivity index (χ3v) is 2.06. The van der Waals surface area contributed by atoms with Gasteiger partial charge in [-0.2, -0.15) is 0 Å². The number of rotatable bonds is 2. The van der Waals surface area contributed by atoms with Crippen molar-refractivity contribution in [2.24, 2.45) is 5.73 Å². The van der Waals surface area contributed by atoms with Gasteiger partial charge in [-0.25, -0.2) is 8.78 Å². The molecule has 0 aliphatic carbocycles. The maximum absolute atomic E-state index is 12.4. The van der Waals surface area contributed by atoms with Crippen LogP contribution >= 0.6 is 12.4 Å². The van der Waals surface area contributed by atoms with Gasteiger partial charge < -0.3 is 15.2 Å². The summed E-state index contributed by atoms with van der Waals surface area (Å²) in [5, 5.41) is 0. The Hall–Kier alpha value is -1.07. The Morgan fingerprint density at radius 3 is 2.67 bits per heavy atom. The molecule has 0 saturated heterocycles. The van der Waals surface area contributed by atoms with E-state index in [2.05, 4.69) is 0 Å². The lowest BCUT2D eigenvalue weighted by Gasteiger charge is -2.12. The van der Waals surface area contributed by atoms with Crippen LogP contribution in [0.5, 0.6) is 11.5 Å². The van der Waals surface area contributed by atoms with Crippen molar-refractivity contribution in [1.82, 2.24) is 0 Å². The van der Waals surface area contributed by atoms with E-state index in [0.717, 1.165) is 0 Å². The van der Waals surface area contributed by atoms with E-state index in [1.807, 2.05) is 0 Å². The molecule has 15 heavy (non-hydrogen) atoms. The first-order valence-electron chi connectivity index (χ1n) is 4.12. The van der Waals surface area contributed by atoms with Gasteiger partial charge in [0, 0.05) is 5.56 Å². The lowest BCUT2D eigenvalue weighted by atomic mass is 10.1. The second-order valence-electron chi connectivity index (χ2n) is 2.94. The molecule has 0 saturated carbocycles. The normalized spacial score (nSPS) is 14.9. The molecule has 2 rings (SSSR count). The number of fused-ring (bicyclic) bond motifs is 1. The third-order valence-electron chi connectivity index (χ3n) is 2.06. The quantitative estimate of drug-likeness (QED) is 0.857. The summed E-state index contributed by atoms with van der Waals surface area (Å²) in [6, 6.07) is 3.46. The molecule has 6 heteroatoms. The molecular formula is C9H10ClF2NO2. The van der Waals surface area contributed by atoms with Crippen LogP contribution in [0, 0.1) is 0 Å². The Labute approximate surface area is 91.6 Å². The monoisotopic (exact) mass is 237 g/mol. The van der Waals surface area contributed by atoms with E-state index in [1.165, 1.54) is 6.07 Å². The maximum atomic E-state index is 12.4. The van der Waals surface area contributed by atoms with Crippen LogP contribution in [0.15, 0.2) is 18.2 Å². The van der Waals surface area contributed by atoms with Gasteiger partial charge in [-0.05, 0) is 6.07 Å². The zero-order chi connectivity index (χ0) is 10.1. The van der Waals surface area contributed by atoms with Crippen LogP contribution in [0.4, 0.5) is 8.78 Å². The fourth-order valence-electron chi connectivity index (χ4n) is 1.35. The summed E-state index contributed by atoms with van der Waals surface area (Å²) in [5.41, 5.74) is 5.61. The van der Waals surface area contributed by atoms with Gasteiger partial charge in [-0.15, -0.1) is 12.4 Å². The van der Waals surface area contributed by atoms with Gasteiger partial charge in [0.1, 0.15) is 0 Å². The molecule has 0 radical (unpaired) electrons. The average molecular weight is 238 g/mol. The molecule has 1 aliphatic heterocycles. The topological polar surface area (TPSA) is 44.5 Å². The van der Waals surface area contributed by atoms with E-state index >= 15 is 0 Å². The van der Waals surface area contributed by atoms with E-state index in [1.54, 1.807) is 12.1 Å². The minimum Gasteiger partial charge on any atom is -0.454 e. The number of nitrogens with two attached hydrogens (primary N) is 1. The van der Waals surface area contributed by atoms with Crippen LogP contribution in [0.25, 0.3) is 0 Å². The van der Waals surface area contributed by atoms with Crippen LogP contribution < -0.4 is 15.2 Å². The molecule has 2 N–H and O–H groups in total. The number of para-hydroxylation sites is 1. The summed E-state index contributed by atoms with van der Waals surface area (Å²) < 4.78 is 34.8. The molecule has 0 spiro atoms. The summed E-state index contributed by atoms with van der Waals surface area (Å²) >= 11 is 0. The standard InChI is InChI=1S/C9H9F2NO2.ClH/c10-9(11)7(12)5-2-1-3-6-8(5)14-4-13-6;/h1-3,7,9H,4,12H2;1H/t7-;/m1./s1. The van der Waals surface area contributed by atoms with Crippen molar-refractivity contribution in [3.63, 3.8) is 0 Å². The van der Waals surface area contributed by atoms with Gasteiger partial charge in [0.15, 0.2) is 11.5 Å². The van der Waals surface area contributed by atoms with Gasteiger partial charge in [0.25, 0.3) is 6.43 Å². The number of hydrogen-bond donors (Lipinski definition) is 1. The van der Waals surface area contributed by atoms with Crippen LogP contribution in [-0.4, -0.2) is 13.2 Å². The van der Waals surface area contributed by atoms with Crippen molar-refractivity contribution >= 4 is 12.4 Å². The van der Waals surface area contributed by atoms with Gasteiger partial charge in [-0.3, -0.25) is 0 Å². The van der Waals surface area contributed by atoms with Crippen molar-refractivity contribution < 1.29 is 18.3 Å². The van der Waals surface area contributed by atoms with Crippen LogP contribution in [0.1, 0.15) is 11.6 Å². The second-order valence-corrected chi connectivity index (χ2v) is 2.94. The highest BCUT2D eigenvalue weighted by atomic mass is 35.5. The molecule has 0 amide bonds. The molecule has 0 aromatic heterocycles. The van der Waals surface area contributed by atoms with Gasteiger partial charge in [0.05, 0.1) is 6.04 Å². The Morgan fingerprint density at radius 2 is 2.00 bits per heavy atom. The fraction of sp³-hybridized carbons (Fsp3) is 0.333. The molecule has 1 aliphatic rings. The summed E-state index contributed by atoms with van der Waals surface area (Å²) in [6.07, 6.45) is -2.61. The Morgan fingerprint density at radius 1 is 1.27 bits per heavy atom. The van der Waals surface area contributed by atoms with E-state index in [9.17, 15) is 8.78 Å². The first kappa shape index (κ1) is 12.0. The molecule has 0 bridgehead atoms. The molecule has 1 aromatic carbocycles. The Balaban J connectivity index is 0.00000112. The van der Waals surface area contributed by atoms with Crippen LogP contribution in [0.3, 0.4) is 0 Å². The van der Waals surface area contributed by atoms with E-state index in [4.69, 9.17) is 15.2 Å². The molecule has 0 unspecified atom stereocenters. The third kappa shape index (κ3) is 2.13. The Kier molecular flexibility index (Phi) is 3.71. The number of alkyl halides is 2. The number of ether oxygens (including phenoxy) is 2. The number of hydrogen-bond acceptors (Lipinski definition) is 3. The minimum absolute atomic E-state index is 0. The molecule has 3 nitrogen and oxygen atoms in total. The van der Waals surface area contributed by atoms with Gasteiger partial charge in [-0.1, -0.05) is 12.1 Å². The van der Waals surface area contributed by atoms with Crippen LogP contribution in [-0.2, 0) is 0 Å². The van der Waals surface area contributed by atoms with E-state index in [-0.39, 0.29) is 24.8 Å². The SMILES string of the molecule is Cl.N[C@H](c1cccc2c1OCO2)C(F)F. The second kappa shape index (κ2) is 4.63. The first-order chi connectivity index (χ1) is 6.70. The van der Waals surface area contributed by atoms with E-state index < -0.39 is 12.5 Å². The summed E-state index contributed by atoms with van der Waals surface area (Å²) in [6.45, 7) is 0.0578. The largest absolute Gasteiger partial charge is 0.454 e. The van der Waals surface area contributed by atoms with Gasteiger partial charge >= 0.3 is 0 Å². The average Bonchev–Trinajstić information content (AvgIpc) is 2.63. The molecule has 1 aromatic rings. The van der Waals surface area contributed by atoms with Gasteiger partial charge in [0.2, 0.25) is 6.79 Å². The molecule has 0 fully saturated rings. The summed E-state index contributed by atoms with van der Waals surface area (Å²) in [4.78, 5) is 0. The van der Waals surface area contributed by atoms with E-state index in [0.29, 0.717) is 11.5 Å². The number of halogens is 3. The number of benzene rings is 1. The lowest BCUT2D eigenvalue weighted by Crippen LogP contribution is -2.19. The summed E-state index contributed by atoms with van der Waals surface area (Å²) in [5.74, 6) is 0.805. The zero-order valence-corrected chi connectivity index (χ0v) is 8.47. The lowest BCUT2D eigenvalue weighted by molar-refractivity contribution is 0.114.